The molecule has 6 nitrogen and oxygen atoms in total. The quantitative estimate of drug-likeness (QED) is 0.711. The van der Waals surface area contributed by atoms with Gasteiger partial charge in [-0.3, -0.25) is 9.59 Å². The van der Waals surface area contributed by atoms with Gasteiger partial charge in [0.15, 0.2) is 0 Å². The third-order valence-electron chi connectivity index (χ3n) is 3.08. The molecular weight excluding hydrogens is 270 g/mol. The molecule has 1 rings (SSSR count). The van der Waals surface area contributed by atoms with Gasteiger partial charge < -0.3 is 20.7 Å². The molecule has 2 amide bonds. The number of carbonyl (C=O) groups excluding carboxylic acids is 2. The first kappa shape index (κ1) is 17.1. The van der Waals surface area contributed by atoms with E-state index >= 15 is 0 Å². The molecule has 6 heteroatoms. The maximum Gasteiger partial charge on any atom is 0.253 e. The van der Waals surface area contributed by atoms with E-state index in [2.05, 4.69) is 16.0 Å². The van der Waals surface area contributed by atoms with Crippen molar-refractivity contribution >= 4 is 23.2 Å². The molecule has 2 atom stereocenters. The molecule has 0 aliphatic carbocycles. The van der Waals surface area contributed by atoms with Crippen molar-refractivity contribution in [2.45, 2.75) is 20.0 Å². The van der Waals surface area contributed by atoms with Crippen LogP contribution in [0.25, 0.3) is 0 Å². The molecule has 0 radical (unpaired) electrons. The van der Waals surface area contributed by atoms with Gasteiger partial charge in [-0.2, -0.15) is 0 Å². The largest absolute Gasteiger partial charge is 0.372 e. The highest BCUT2D eigenvalue weighted by Gasteiger charge is 2.14. The van der Waals surface area contributed by atoms with Gasteiger partial charge in [0.05, 0.1) is 0 Å². The third kappa shape index (κ3) is 5.53. The Morgan fingerprint density at radius 3 is 2.24 bits per heavy atom. The summed E-state index contributed by atoms with van der Waals surface area (Å²) in [5, 5.41) is 8.51. The zero-order valence-corrected chi connectivity index (χ0v) is 12.9. The van der Waals surface area contributed by atoms with Crippen molar-refractivity contribution in [2.24, 2.45) is 5.92 Å². The highest BCUT2D eigenvalue weighted by Crippen LogP contribution is 2.16. The highest BCUT2D eigenvalue weighted by molar-refractivity contribution is 5.96. The van der Waals surface area contributed by atoms with Crippen molar-refractivity contribution in [3.05, 3.63) is 24.3 Å². The number of amides is 2. The van der Waals surface area contributed by atoms with Gasteiger partial charge in [-0.1, -0.05) is 13.0 Å². The van der Waals surface area contributed by atoms with Crippen LogP contribution in [-0.4, -0.2) is 38.6 Å². The van der Waals surface area contributed by atoms with E-state index in [1.807, 2.05) is 6.92 Å². The molecule has 3 N–H and O–H groups in total. The van der Waals surface area contributed by atoms with E-state index in [-0.39, 0.29) is 17.7 Å². The van der Waals surface area contributed by atoms with Gasteiger partial charge >= 0.3 is 0 Å². The summed E-state index contributed by atoms with van der Waals surface area (Å²) in [7, 11) is 3.28. The van der Waals surface area contributed by atoms with E-state index in [9.17, 15) is 9.59 Å². The Labute approximate surface area is 125 Å². The molecule has 0 aromatic heterocycles. The second-order valence-corrected chi connectivity index (χ2v) is 4.90. The van der Waals surface area contributed by atoms with Crippen LogP contribution in [-0.2, 0) is 14.3 Å². The lowest BCUT2D eigenvalue weighted by Gasteiger charge is -2.14. The Kier molecular flexibility index (Phi) is 6.84. The van der Waals surface area contributed by atoms with Crippen molar-refractivity contribution in [3.63, 3.8) is 0 Å². The molecule has 0 saturated carbocycles. The number of rotatable bonds is 7. The van der Waals surface area contributed by atoms with Crippen LogP contribution in [0.15, 0.2) is 24.3 Å². The van der Waals surface area contributed by atoms with Gasteiger partial charge in [-0.05, 0) is 32.2 Å². The Balaban J connectivity index is 2.68. The number of benzene rings is 1. The van der Waals surface area contributed by atoms with Crippen molar-refractivity contribution in [1.82, 2.24) is 5.32 Å². The lowest BCUT2D eigenvalue weighted by molar-refractivity contribution is -0.124. The molecule has 2 unspecified atom stereocenters. The van der Waals surface area contributed by atoms with E-state index in [0.29, 0.717) is 17.9 Å². The fourth-order valence-corrected chi connectivity index (χ4v) is 1.69. The average Bonchev–Trinajstić information content (AvgIpc) is 2.46. The summed E-state index contributed by atoms with van der Waals surface area (Å²) in [4.78, 5) is 23.7. The Bertz CT molecular complexity index is 491. The minimum atomic E-state index is -0.529. The van der Waals surface area contributed by atoms with Crippen LogP contribution in [0, 0.1) is 5.92 Å². The fourth-order valence-electron chi connectivity index (χ4n) is 1.69. The predicted molar refractivity (Wildman–Crippen MR) is 83.3 cm³/mol. The van der Waals surface area contributed by atoms with Gasteiger partial charge in [0.1, 0.15) is 6.10 Å². The summed E-state index contributed by atoms with van der Waals surface area (Å²) in [5.74, 6) is -0.440. The Hall–Kier alpha value is -1.92. The Morgan fingerprint density at radius 1 is 1.14 bits per heavy atom. The molecule has 0 aliphatic heterocycles. The minimum absolute atomic E-state index is 0.0712. The SMILES string of the molecule is CNCC(C)C(=O)Nc1cccc(NC(=O)C(C)OC)c1. The lowest BCUT2D eigenvalue weighted by atomic mass is 10.1. The number of methoxy groups -OCH3 is 1. The number of hydrogen-bond donors (Lipinski definition) is 3. The van der Waals surface area contributed by atoms with E-state index in [1.165, 1.54) is 7.11 Å². The number of anilines is 2. The minimum Gasteiger partial charge on any atom is -0.372 e. The van der Waals surface area contributed by atoms with Crippen LogP contribution in [0.3, 0.4) is 0 Å². The van der Waals surface area contributed by atoms with Crippen LogP contribution in [0.5, 0.6) is 0 Å². The lowest BCUT2D eigenvalue weighted by Crippen LogP contribution is -2.29. The molecule has 0 fully saturated rings. The predicted octanol–water partition coefficient (Wildman–Crippen LogP) is 1.45. The molecular formula is C15H23N3O3. The summed E-state index contributed by atoms with van der Waals surface area (Å²) < 4.78 is 4.95. The molecule has 0 bridgehead atoms. The topological polar surface area (TPSA) is 79.5 Å². The highest BCUT2D eigenvalue weighted by atomic mass is 16.5. The smallest absolute Gasteiger partial charge is 0.253 e. The van der Waals surface area contributed by atoms with E-state index in [0.717, 1.165) is 0 Å². The zero-order chi connectivity index (χ0) is 15.8. The third-order valence-corrected chi connectivity index (χ3v) is 3.08. The van der Waals surface area contributed by atoms with E-state index in [1.54, 1.807) is 38.2 Å². The summed E-state index contributed by atoms with van der Waals surface area (Å²) in [6.45, 7) is 4.12. The molecule has 1 aromatic carbocycles. The summed E-state index contributed by atoms with van der Waals surface area (Å²) in [6.07, 6.45) is -0.529. The summed E-state index contributed by atoms with van der Waals surface area (Å²) in [5.41, 5.74) is 1.26. The standard InChI is InChI=1S/C15H23N3O3/c1-10(9-16-3)14(19)17-12-6-5-7-13(8-12)18-15(20)11(2)21-4/h5-8,10-11,16H,9H2,1-4H3,(H,17,19)(H,18,20). The molecule has 0 spiro atoms. The molecule has 0 heterocycles. The number of hydrogen-bond acceptors (Lipinski definition) is 4. The summed E-state index contributed by atoms with van der Waals surface area (Å²) in [6, 6.07) is 7.02. The van der Waals surface area contributed by atoms with Gasteiger partial charge in [-0.25, -0.2) is 0 Å². The van der Waals surface area contributed by atoms with Crippen molar-refractivity contribution < 1.29 is 14.3 Å². The van der Waals surface area contributed by atoms with Gasteiger partial charge in [0.25, 0.3) is 5.91 Å². The maximum atomic E-state index is 11.9. The van der Waals surface area contributed by atoms with Crippen LogP contribution >= 0.6 is 0 Å². The molecule has 116 valence electrons. The normalized spacial score (nSPS) is 13.3. The first-order chi connectivity index (χ1) is 9.97. The molecule has 0 aliphatic rings. The van der Waals surface area contributed by atoms with Gasteiger partial charge in [0.2, 0.25) is 5.91 Å². The fraction of sp³-hybridized carbons (Fsp3) is 0.467. The second-order valence-electron chi connectivity index (χ2n) is 4.90. The van der Waals surface area contributed by atoms with Gasteiger partial charge in [0, 0.05) is 30.9 Å². The molecule has 1 aromatic rings. The van der Waals surface area contributed by atoms with Gasteiger partial charge in [-0.15, -0.1) is 0 Å². The van der Waals surface area contributed by atoms with Crippen LogP contribution in [0.2, 0.25) is 0 Å². The average molecular weight is 293 g/mol. The van der Waals surface area contributed by atoms with Crippen LogP contribution in [0.4, 0.5) is 11.4 Å². The second kappa shape index (κ2) is 8.39. The first-order valence-corrected chi connectivity index (χ1v) is 6.87. The van der Waals surface area contributed by atoms with Crippen molar-refractivity contribution in [3.8, 4) is 0 Å². The molecule has 0 saturated heterocycles. The number of nitrogens with one attached hydrogen (secondary N) is 3. The van der Waals surface area contributed by atoms with E-state index < -0.39 is 6.10 Å². The zero-order valence-electron chi connectivity index (χ0n) is 12.9. The molecule has 21 heavy (non-hydrogen) atoms. The van der Waals surface area contributed by atoms with Crippen molar-refractivity contribution in [1.29, 1.82) is 0 Å². The monoisotopic (exact) mass is 293 g/mol. The van der Waals surface area contributed by atoms with Crippen LogP contribution < -0.4 is 16.0 Å². The van der Waals surface area contributed by atoms with Crippen molar-refractivity contribution in [2.75, 3.05) is 31.3 Å². The van der Waals surface area contributed by atoms with E-state index in [4.69, 9.17) is 4.74 Å². The Morgan fingerprint density at radius 2 is 1.71 bits per heavy atom. The maximum absolute atomic E-state index is 11.9. The number of ether oxygens (including phenoxy) is 1. The summed E-state index contributed by atoms with van der Waals surface area (Å²) >= 11 is 0. The number of carbonyl (C=O) groups is 2. The van der Waals surface area contributed by atoms with Crippen LogP contribution in [0.1, 0.15) is 13.8 Å². The first-order valence-electron chi connectivity index (χ1n) is 6.87.